The molecule has 3 aromatic heterocycles. The maximum absolute atomic E-state index is 13.4. The van der Waals surface area contributed by atoms with E-state index in [1.54, 1.807) is 37.1 Å². The van der Waals surface area contributed by atoms with Gasteiger partial charge < -0.3 is 4.90 Å². The number of halogens is 1. The minimum absolute atomic E-state index is 0.0520. The molecule has 1 aliphatic heterocycles. The molecule has 8 nitrogen and oxygen atoms in total. The van der Waals surface area contributed by atoms with Crippen molar-refractivity contribution in [1.82, 2.24) is 34.7 Å². The van der Waals surface area contributed by atoms with Crippen molar-refractivity contribution in [3.05, 3.63) is 60.8 Å². The molecule has 0 fully saturated rings. The number of hydrogen-bond acceptors (Lipinski definition) is 7. The molecular weight excluding hydrogens is 395 g/mol. The van der Waals surface area contributed by atoms with Gasteiger partial charge in [-0.1, -0.05) is 6.92 Å². The molecule has 9 heteroatoms. The third-order valence-electron chi connectivity index (χ3n) is 5.43. The lowest BCUT2D eigenvalue weighted by Crippen LogP contribution is -2.40. The maximum Gasteiger partial charge on any atom is 0.182 e. The molecule has 156 valence electrons. The molecular formula is C22H21FN8. The van der Waals surface area contributed by atoms with Crippen LogP contribution in [0.25, 0.3) is 28.5 Å². The van der Waals surface area contributed by atoms with Crippen molar-refractivity contribution in [3.8, 4) is 28.5 Å². The first-order valence-corrected chi connectivity index (χ1v) is 10.2. The van der Waals surface area contributed by atoms with Gasteiger partial charge in [-0.2, -0.15) is 0 Å². The van der Waals surface area contributed by atoms with Crippen molar-refractivity contribution in [1.29, 1.82) is 0 Å². The standard InChI is InChI=1S/C22H21FN8/c1-4-16-22-29-27-12-30(22)17-11-26-20(28-21(17)31(16)13(2)3)19-18(24-9-10-25-19)14-5-7-15(23)8-6-14/h5-13,16H,4H2,1-3H3/t16-/m1/s1. The molecule has 0 N–H and O–H groups in total. The molecule has 0 saturated heterocycles. The van der Waals surface area contributed by atoms with Crippen LogP contribution in [0.1, 0.15) is 39.1 Å². The summed E-state index contributed by atoms with van der Waals surface area (Å²) in [5.74, 6) is 1.84. The highest BCUT2D eigenvalue weighted by Gasteiger charge is 2.35. The predicted octanol–water partition coefficient (Wildman–Crippen LogP) is 4.00. The summed E-state index contributed by atoms with van der Waals surface area (Å²) in [4.78, 5) is 20.8. The number of anilines is 1. The first-order chi connectivity index (χ1) is 15.1. The minimum Gasteiger partial charge on any atom is -0.342 e. The Labute approximate surface area is 178 Å². The molecule has 31 heavy (non-hydrogen) atoms. The van der Waals surface area contributed by atoms with Crippen molar-refractivity contribution in [2.24, 2.45) is 0 Å². The van der Waals surface area contributed by atoms with Gasteiger partial charge in [0.05, 0.1) is 17.9 Å². The van der Waals surface area contributed by atoms with E-state index in [4.69, 9.17) is 4.98 Å². The monoisotopic (exact) mass is 416 g/mol. The van der Waals surface area contributed by atoms with Gasteiger partial charge in [0.15, 0.2) is 17.5 Å². The second kappa shape index (κ2) is 7.50. The van der Waals surface area contributed by atoms with Crippen LogP contribution in [0.3, 0.4) is 0 Å². The van der Waals surface area contributed by atoms with Gasteiger partial charge in [-0.05, 0) is 44.5 Å². The van der Waals surface area contributed by atoms with E-state index in [1.807, 2.05) is 4.57 Å². The molecule has 0 bridgehead atoms. The number of fused-ring (bicyclic) bond motifs is 3. The summed E-state index contributed by atoms with van der Waals surface area (Å²) in [6.45, 7) is 6.39. The van der Waals surface area contributed by atoms with E-state index in [9.17, 15) is 4.39 Å². The average molecular weight is 416 g/mol. The van der Waals surface area contributed by atoms with E-state index in [2.05, 4.69) is 50.8 Å². The molecule has 1 aliphatic rings. The summed E-state index contributed by atoms with van der Waals surface area (Å²) in [5.41, 5.74) is 2.73. The van der Waals surface area contributed by atoms with Gasteiger partial charge >= 0.3 is 0 Å². The molecule has 1 aromatic carbocycles. The zero-order valence-corrected chi connectivity index (χ0v) is 17.4. The van der Waals surface area contributed by atoms with Crippen LogP contribution < -0.4 is 4.90 Å². The third-order valence-corrected chi connectivity index (χ3v) is 5.43. The SMILES string of the molecule is CC[C@@H]1c2nncn2-c2cnc(-c3nccnc3-c3ccc(F)cc3)nc2N1C(C)C. The summed E-state index contributed by atoms with van der Waals surface area (Å²) in [7, 11) is 0. The van der Waals surface area contributed by atoms with Crippen LogP contribution in [0, 0.1) is 5.82 Å². The molecule has 0 unspecified atom stereocenters. The van der Waals surface area contributed by atoms with Gasteiger partial charge in [0, 0.05) is 24.0 Å². The summed E-state index contributed by atoms with van der Waals surface area (Å²) in [6, 6.07) is 6.41. The normalized spacial score (nSPS) is 15.1. The highest BCUT2D eigenvalue weighted by molar-refractivity contribution is 5.76. The zero-order valence-electron chi connectivity index (χ0n) is 17.4. The van der Waals surface area contributed by atoms with Crippen LogP contribution in [0.5, 0.6) is 0 Å². The van der Waals surface area contributed by atoms with Crippen molar-refractivity contribution in [3.63, 3.8) is 0 Å². The van der Waals surface area contributed by atoms with Gasteiger partial charge in [0.1, 0.15) is 23.5 Å². The van der Waals surface area contributed by atoms with E-state index in [0.717, 1.165) is 29.3 Å². The average Bonchev–Trinajstić information content (AvgIpc) is 3.28. The summed E-state index contributed by atoms with van der Waals surface area (Å²) in [5, 5.41) is 8.46. The molecule has 0 spiro atoms. The number of nitrogens with zero attached hydrogens (tertiary/aromatic N) is 8. The second-order valence-corrected chi connectivity index (χ2v) is 7.65. The lowest BCUT2D eigenvalue weighted by Gasteiger charge is -2.39. The van der Waals surface area contributed by atoms with Crippen molar-refractivity contribution < 1.29 is 4.39 Å². The molecule has 4 aromatic rings. The molecule has 0 aliphatic carbocycles. The Morgan fingerprint density at radius 2 is 1.77 bits per heavy atom. The Morgan fingerprint density at radius 1 is 1.03 bits per heavy atom. The molecule has 1 atom stereocenters. The summed E-state index contributed by atoms with van der Waals surface area (Å²) < 4.78 is 15.4. The van der Waals surface area contributed by atoms with Crippen LogP contribution in [0.2, 0.25) is 0 Å². The van der Waals surface area contributed by atoms with Crippen LogP contribution in [-0.2, 0) is 0 Å². The van der Waals surface area contributed by atoms with Crippen LogP contribution >= 0.6 is 0 Å². The smallest absolute Gasteiger partial charge is 0.182 e. The lowest BCUT2D eigenvalue weighted by atomic mass is 10.1. The fraction of sp³-hybridized carbons (Fsp3) is 0.273. The van der Waals surface area contributed by atoms with Gasteiger partial charge in [0.25, 0.3) is 0 Å². The Morgan fingerprint density at radius 3 is 2.48 bits per heavy atom. The highest BCUT2D eigenvalue weighted by Crippen LogP contribution is 2.40. The van der Waals surface area contributed by atoms with Crippen molar-refractivity contribution in [2.45, 2.75) is 39.3 Å². The van der Waals surface area contributed by atoms with E-state index >= 15 is 0 Å². The first kappa shape index (κ1) is 19.2. The molecule has 0 saturated carbocycles. The quantitative estimate of drug-likeness (QED) is 0.497. The largest absolute Gasteiger partial charge is 0.342 e. The van der Waals surface area contributed by atoms with Gasteiger partial charge in [-0.25, -0.2) is 19.3 Å². The Kier molecular flexibility index (Phi) is 4.65. The summed E-state index contributed by atoms with van der Waals surface area (Å²) in [6.07, 6.45) is 7.55. The van der Waals surface area contributed by atoms with Gasteiger partial charge in [-0.3, -0.25) is 9.55 Å². The zero-order chi connectivity index (χ0) is 21.5. The molecule has 0 amide bonds. The van der Waals surface area contributed by atoms with Crippen LogP contribution in [-0.4, -0.2) is 40.7 Å². The van der Waals surface area contributed by atoms with E-state index in [-0.39, 0.29) is 17.9 Å². The second-order valence-electron chi connectivity index (χ2n) is 7.65. The van der Waals surface area contributed by atoms with E-state index in [0.29, 0.717) is 17.2 Å². The number of aromatic nitrogens is 7. The summed E-state index contributed by atoms with van der Waals surface area (Å²) >= 11 is 0. The Balaban J connectivity index is 1.69. The minimum atomic E-state index is -0.304. The van der Waals surface area contributed by atoms with Crippen LogP contribution in [0.15, 0.2) is 49.2 Å². The maximum atomic E-state index is 13.4. The number of benzene rings is 1. The van der Waals surface area contributed by atoms with E-state index in [1.165, 1.54) is 12.1 Å². The Hall–Kier alpha value is -3.75. The molecule has 5 rings (SSSR count). The molecule has 0 radical (unpaired) electrons. The fourth-order valence-electron chi connectivity index (χ4n) is 4.07. The van der Waals surface area contributed by atoms with Crippen molar-refractivity contribution in [2.75, 3.05) is 4.90 Å². The van der Waals surface area contributed by atoms with E-state index < -0.39 is 0 Å². The topological polar surface area (TPSA) is 85.5 Å². The number of rotatable bonds is 4. The fourth-order valence-corrected chi connectivity index (χ4v) is 4.07. The highest BCUT2D eigenvalue weighted by atomic mass is 19.1. The Bertz CT molecular complexity index is 1230. The van der Waals surface area contributed by atoms with Crippen molar-refractivity contribution >= 4 is 5.82 Å². The molecule has 4 heterocycles. The third kappa shape index (κ3) is 3.13. The van der Waals surface area contributed by atoms with Crippen LogP contribution in [0.4, 0.5) is 10.2 Å². The van der Waals surface area contributed by atoms with Gasteiger partial charge in [0.2, 0.25) is 0 Å². The van der Waals surface area contributed by atoms with Gasteiger partial charge in [-0.15, -0.1) is 10.2 Å². The predicted molar refractivity (Wildman–Crippen MR) is 114 cm³/mol. The first-order valence-electron chi connectivity index (χ1n) is 10.2. The number of hydrogen-bond donors (Lipinski definition) is 0. The lowest BCUT2D eigenvalue weighted by molar-refractivity contribution is 0.497.